The van der Waals surface area contributed by atoms with Crippen molar-refractivity contribution in [2.45, 2.75) is 39.8 Å². The molecule has 3 N–H and O–H groups in total. The number of hydrogen-bond donors (Lipinski definition) is 2. The lowest BCUT2D eigenvalue weighted by Crippen LogP contribution is -2.31. The van der Waals surface area contributed by atoms with Gasteiger partial charge in [0.05, 0.1) is 19.3 Å². The van der Waals surface area contributed by atoms with E-state index < -0.39 is 6.10 Å². The van der Waals surface area contributed by atoms with E-state index in [1.54, 1.807) is 7.11 Å². The van der Waals surface area contributed by atoms with Gasteiger partial charge in [-0.1, -0.05) is 13.8 Å². The summed E-state index contributed by atoms with van der Waals surface area (Å²) < 4.78 is 5.22. The van der Waals surface area contributed by atoms with Gasteiger partial charge in [-0.05, 0) is 48.6 Å². The summed E-state index contributed by atoms with van der Waals surface area (Å²) in [4.78, 5) is 0. The molecule has 0 saturated carbocycles. The number of aryl methyl sites for hydroxylation is 2. The summed E-state index contributed by atoms with van der Waals surface area (Å²) in [6.45, 7) is 7.94. The van der Waals surface area contributed by atoms with Gasteiger partial charge in [0, 0.05) is 0 Å². The Balaban J connectivity index is 3.14. The maximum atomic E-state index is 10.1. The number of nitrogens with two attached hydrogens (primary N) is 1. The van der Waals surface area contributed by atoms with Gasteiger partial charge in [0.1, 0.15) is 5.75 Å². The minimum atomic E-state index is -0.527. The summed E-state index contributed by atoms with van der Waals surface area (Å²) in [7, 11) is 1.65. The molecule has 0 saturated heterocycles. The van der Waals surface area contributed by atoms with Crippen molar-refractivity contribution in [1.29, 1.82) is 0 Å². The molecule has 0 spiro atoms. The van der Waals surface area contributed by atoms with Crippen LogP contribution in [0.2, 0.25) is 0 Å². The lowest BCUT2D eigenvalue weighted by atomic mass is 9.89. The Morgan fingerprint density at radius 2 is 1.65 bits per heavy atom. The first-order valence-corrected chi connectivity index (χ1v) is 5.97. The number of aliphatic hydroxyl groups excluding tert-OH is 1. The Morgan fingerprint density at radius 1 is 1.18 bits per heavy atom. The molecule has 0 amide bonds. The first-order chi connectivity index (χ1) is 7.88. The van der Waals surface area contributed by atoms with Crippen LogP contribution in [0, 0.1) is 19.8 Å². The SMILES string of the molecule is COc1cc(C)c(C(N)C(O)C(C)C)c(C)c1. The molecule has 3 nitrogen and oxygen atoms in total. The molecule has 1 aromatic carbocycles. The molecule has 0 heterocycles. The Labute approximate surface area is 104 Å². The summed E-state index contributed by atoms with van der Waals surface area (Å²) in [6, 6.07) is 3.56. The highest BCUT2D eigenvalue weighted by molar-refractivity contribution is 5.43. The van der Waals surface area contributed by atoms with Gasteiger partial charge in [0.2, 0.25) is 0 Å². The van der Waals surface area contributed by atoms with Gasteiger partial charge in [-0.3, -0.25) is 0 Å². The van der Waals surface area contributed by atoms with Crippen LogP contribution >= 0.6 is 0 Å². The van der Waals surface area contributed by atoms with Crippen molar-refractivity contribution in [2.24, 2.45) is 11.7 Å². The van der Waals surface area contributed by atoms with E-state index in [-0.39, 0.29) is 12.0 Å². The van der Waals surface area contributed by atoms with Crippen molar-refractivity contribution in [3.05, 3.63) is 28.8 Å². The average Bonchev–Trinajstić information content (AvgIpc) is 2.26. The third kappa shape index (κ3) is 2.99. The van der Waals surface area contributed by atoms with Crippen LogP contribution in [-0.2, 0) is 0 Å². The zero-order valence-electron chi connectivity index (χ0n) is 11.3. The first kappa shape index (κ1) is 14.0. The van der Waals surface area contributed by atoms with E-state index >= 15 is 0 Å². The largest absolute Gasteiger partial charge is 0.497 e. The lowest BCUT2D eigenvalue weighted by Gasteiger charge is -2.25. The smallest absolute Gasteiger partial charge is 0.119 e. The predicted molar refractivity (Wildman–Crippen MR) is 70.2 cm³/mol. The van der Waals surface area contributed by atoms with Crippen LogP contribution in [0.3, 0.4) is 0 Å². The number of hydrogen-bond acceptors (Lipinski definition) is 3. The third-order valence-corrected chi connectivity index (χ3v) is 3.19. The maximum absolute atomic E-state index is 10.1. The van der Waals surface area contributed by atoms with Crippen LogP contribution in [0.15, 0.2) is 12.1 Å². The van der Waals surface area contributed by atoms with Crippen LogP contribution < -0.4 is 10.5 Å². The zero-order valence-corrected chi connectivity index (χ0v) is 11.3. The summed E-state index contributed by atoms with van der Waals surface area (Å²) in [5.74, 6) is 0.973. The minimum absolute atomic E-state index is 0.144. The molecule has 0 aromatic heterocycles. The molecule has 0 bridgehead atoms. The summed E-state index contributed by atoms with van der Waals surface area (Å²) in [5, 5.41) is 10.1. The molecule has 0 radical (unpaired) electrons. The van der Waals surface area contributed by atoms with E-state index in [0.29, 0.717) is 0 Å². The van der Waals surface area contributed by atoms with Crippen molar-refractivity contribution in [3.63, 3.8) is 0 Å². The highest BCUT2D eigenvalue weighted by atomic mass is 16.5. The van der Waals surface area contributed by atoms with Gasteiger partial charge in [0.15, 0.2) is 0 Å². The Kier molecular flexibility index (Phi) is 4.54. The van der Waals surface area contributed by atoms with Gasteiger partial charge in [0.25, 0.3) is 0 Å². The Hall–Kier alpha value is -1.06. The number of aliphatic hydroxyl groups is 1. The van der Waals surface area contributed by atoms with Crippen LogP contribution in [0.5, 0.6) is 5.75 Å². The molecule has 3 heteroatoms. The topological polar surface area (TPSA) is 55.5 Å². The maximum Gasteiger partial charge on any atom is 0.119 e. The molecule has 1 aromatic rings. The first-order valence-electron chi connectivity index (χ1n) is 5.97. The fourth-order valence-corrected chi connectivity index (χ4v) is 2.16. The second-order valence-electron chi connectivity index (χ2n) is 4.94. The van der Waals surface area contributed by atoms with Crippen LogP contribution in [-0.4, -0.2) is 18.3 Å². The monoisotopic (exact) mass is 237 g/mol. The van der Waals surface area contributed by atoms with E-state index in [1.807, 2.05) is 39.8 Å². The van der Waals surface area contributed by atoms with E-state index in [1.165, 1.54) is 0 Å². The van der Waals surface area contributed by atoms with Crippen molar-refractivity contribution in [3.8, 4) is 5.75 Å². The molecule has 0 fully saturated rings. The van der Waals surface area contributed by atoms with Gasteiger partial charge in [-0.25, -0.2) is 0 Å². The quantitative estimate of drug-likeness (QED) is 0.845. The molecule has 1 rings (SSSR count). The van der Waals surface area contributed by atoms with E-state index in [0.717, 1.165) is 22.4 Å². The Morgan fingerprint density at radius 3 is 2.00 bits per heavy atom. The number of ether oxygens (including phenoxy) is 1. The van der Waals surface area contributed by atoms with Crippen LogP contribution in [0.4, 0.5) is 0 Å². The lowest BCUT2D eigenvalue weighted by molar-refractivity contribution is 0.0975. The fourth-order valence-electron chi connectivity index (χ4n) is 2.16. The molecule has 0 aliphatic heterocycles. The molecule has 0 aliphatic rings. The van der Waals surface area contributed by atoms with E-state index in [9.17, 15) is 5.11 Å². The van der Waals surface area contributed by atoms with Crippen molar-refractivity contribution in [1.82, 2.24) is 0 Å². The van der Waals surface area contributed by atoms with E-state index in [4.69, 9.17) is 10.5 Å². The molecule has 17 heavy (non-hydrogen) atoms. The van der Waals surface area contributed by atoms with Crippen molar-refractivity contribution in [2.75, 3.05) is 7.11 Å². The standard InChI is InChI=1S/C14H23NO2/c1-8(2)14(16)13(15)12-9(3)6-11(17-5)7-10(12)4/h6-8,13-14,16H,15H2,1-5H3. The number of methoxy groups -OCH3 is 1. The molecule has 96 valence electrons. The van der Waals surface area contributed by atoms with Gasteiger partial charge >= 0.3 is 0 Å². The van der Waals surface area contributed by atoms with Gasteiger partial charge < -0.3 is 15.6 Å². The van der Waals surface area contributed by atoms with Gasteiger partial charge in [-0.2, -0.15) is 0 Å². The number of benzene rings is 1. The normalized spacial score (nSPS) is 14.8. The molecule has 0 aliphatic carbocycles. The van der Waals surface area contributed by atoms with Crippen molar-refractivity contribution < 1.29 is 9.84 Å². The predicted octanol–water partition coefficient (Wildman–Crippen LogP) is 2.33. The number of rotatable bonds is 4. The molecular weight excluding hydrogens is 214 g/mol. The van der Waals surface area contributed by atoms with Crippen LogP contribution in [0.1, 0.15) is 36.6 Å². The second kappa shape index (κ2) is 5.52. The summed E-state index contributed by atoms with van der Waals surface area (Å²) in [6.07, 6.45) is -0.527. The summed E-state index contributed by atoms with van der Waals surface area (Å²) >= 11 is 0. The molecule has 2 atom stereocenters. The zero-order chi connectivity index (χ0) is 13.2. The minimum Gasteiger partial charge on any atom is -0.497 e. The van der Waals surface area contributed by atoms with E-state index in [2.05, 4.69) is 0 Å². The van der Waals surface area contributed by atoms with Gasteiger partial charge in [-0.15, -0.1) is 0 Å². The summed E-state index contributed by atoms with van der Waals surface area (Å²) in [5.41, 5.74) is 9.29. The van der Waals surface area contributed by atoms with Crippen LogP contribution in [0.25, 0.3) is 0 Å². The average molecular weight is 237 g/mol. The highest BCUT2D eigenvalue weighted by Crippen LogP contribution is 2.29. The Bertz CT molecular complexity index is 365. The third-order valence-electron chi connectivity index (χ3n) is 3.19. The fraction of sp³-hybridized carbons (Fsp3) is 0.571. The molecule has 2 unspecified atom stereocenters. The van der Waals surface area contributed by atoms with Crippen molar-refractivity contribution >= 4 is 0 Å². The highest BCUT2D eigenvalue weighted by Gasteiger charge is 2.23. The molecular formula is C14H23NO2. The second-order valence-corrected chi connectivity index (χ2v) is 4.94.